The van der Waals surface area contributed by atoms with Crippen molar-refractivity contribution in [3.05, 3.63) is 18.2 Å². The number of aliphatic carboxylic acids is 1. The zero-order chi connectivity index (χ0) is 26.1. The molecule has 9 N–H and O–H groups in total. The van der Waals surface area contributed by atoms with Gasteiger partial charge in [0.1, 0.15) is 18.1 Å². The number of guanidine groups is 1. The lowest BCUT2D eigenvalue weighted by Crippen LogP contribution is -2.57. The van der Waals surface area contributed by atoms with Crippen LogP contribution in [-0.4, -0.2) is 93.4 Å². The summed E-state index contributed by atoms with van der Waals surface area (Å²) in [6.45, 7) is 1.36. The first-order chi connectivity index (χ1) is 17.3. The summed E-state index contributed by atoms with van der Waals surface area (Å²) in [7, 11) is 0. The van der Waals surface area contributed by atoms with Gasteiger partial charge in [0, 0.05) is 31.4 Å². The van der Waals surface area contributed by atoms with Crippen LogP contribution in [0, 0.1) is 0 Å². The number of rotatable bonds is 12. The highest BCUT2D eigenvalue weighted by Crippen LogP contribution is 2.20. The van der Waals surface area contributed by atoms with E-state index in [9.17, 15) is 24.3 Å². The van der Waals surface area contributed by atoms with E-state index in [4.69, 9.17) is 11.5 Å². The average molecular weight is 506 g/mol. The molecule has 2 aliphatic rings. The molecule has 3 amide bonds. The third kappa shape index (κ3) is 7.41. The maximum absolute atomic E-state index is 13.5. The van der Waals surface area contributed by atoms with Crippen molar-refractivity contribution in [2.45, 2.75) is 69.1 Å². The quantitative estimate of drug-likeness (QED) is 0.0929. The molecule has 1 aromatic rings. The second-order valence-electron chi connectivity index (χ2n) is 9.03. The number of nitrogens with zero attached hydrogens (tertiary/aromatic N) is 3. The Labute approximate surface area is 208 Å². The van der Waals surface area contributed by atoms with Crippen molar-refractivity contribution < 1.29 is 24.3 Å². The number of aromatic nitrogens is 2. The van der Waals surface area contributed by atoms with Crippen LogP contribution >= 0.6 is 0 Å². The molecule has 1 aromatic heterocycles. The van der Waals surface area contributed by atoms with Gasteiger partial charge in [-0.3, -0.25) is 19.4 Å². The lowest BCUT2D eigenvalue weighted by atomic mass is 10.1. The fourth-order valence-electron chi connectivity index (χ4n) is 4.53. The number of carbonyl (C=O) groups is 4. The van der Waals surface area contributed by atoms with Gasteiger partial charge in [0.2, 0.25) is 17.7 Å². The topological polar surface area (TPSA) is 221 Å². The number of imidazole rings is 1. The van der Waals surface area contributed by atoms with E-state index in [-0.39, 0.29) is 36.7 Å². The molecular formula is C22H35N9O5. The molecule has 2 fully saturated rings. The molecule has 0 saturated carbocycles. The number of aromatic amines is 1. The van der Waals surface area contributed by atoms with Crippen molar-refractivity contribution in [3.63, 3.8) is 0 Å². The summed E-state index contributed by atoms with van der Waals surface area (Å²) in [6.07, 6.45) is 6.21. The number of nitrogens with one attached hydrogen (secondary N) is 4. The molecule has 0 spiro atoms. The molecule has 198 valence electrons. The molecule has 2 saturated heterocycles. The molecule has 2 aliphatic heterocycles. The van der Waals surface area contributed by atoms with Crippen LogP contribution in [0.5, 0.6) is 0 Å². The normalized spacial score (nSPS) is 20.9. The van der Waals surface area contributed by atoms with Gasteiger partial charge in [0.05, 0.1) is 12.4 Å². The zero-order valence-corrected chi connectivity index (χ0v) is 20.1. The van der Waals surface area contributed by atoms with Gasteiger partial charge in [-0.15, -0.1) is 0 Å². The van der Waals surface area contributed by atoms with Crippen LogP contribution in [0.1, 0.15) is 44.2 Å². The summed E-state index contributed by atoms with van der Waals surface area (Å²) in [6, 6.07) is -3.24. The van der Waals surface area contributed by atoms with Crippen LogP contribution in [0.3, 0.4) is 0 Å². The Morgan fingerprint density at radius 1 is 1.17 bits per heavy atom. The van der Waals surface area contributed by atoms with Gasteiger partial charge in [-0.1, -0.05) is 0 Å². The van der Waals surface area contributed by atoms with Crippen LogP contribution in [0.15, 0.2) is 17.5 Å². The number of carboxylic acids is 1. The largest absolute Gasteiger partial charge is 0.480 e. The van der Waals surface area contributed by atoms with E-state index in [0.29, 0.717) is 44.5 Å². The molecule has 3 rings (SSSR count). The van der Waals surface area contributed by atoms with Crippen LogP contribution in [0.2, 0.25) is 0 Å². The first kappa shape index (κ1) is 26.9. The number of hydrogen-bond donors (Lipinski definition) is 7. The second-order valence-corrected chi connectivity index (χ2v) is 9.03. The number of hydrogen-bond acceptors (Lipinski definition) is 7. The summed E-state index contributed by atoms with van der Waals surface area (Å²) >= 11 is 0. The van der Waals surface area contributed by atoms with Crippen molar-refractivity contribution in [1.82, 2.24) is 30.8 Å². The van der Waals surface area contributed by atoms with Crippen molar-refractivity contribution in [1.29, 1.82) is 0 Å². The van der Waals surface area contributed by atoms with Crippen LogP contribution in [0.4, 0.5) is 0 Å². The predicted molar refractivity (Wildman–Crippen MR) is 129 cm³/mol. The Balaban J connectivity index is 1.67. The summed E-state index contributed by atoms with van der Waals surface area (Å²) in [5.41, 5.74) is 11.3. The highest BCUT2D eigenvalue weighted by atomic mass is 16.4. The second kappa shape index (κ2) is 12.9. The van der Waals surface area contributed by atoms with Gasteiger partial charge in [-0.2, -0.15) is 0 Å². The van der Waals surface area contributed by atoms with E-state index in [1.165, 1.54) is 17.4 Å². The molecule has 4 atom stereocenters. The number of amides is 3. The summed E-state index contributed by atoms with van der Waals surface area (Å²) in [5, 5.41) is 18.1. The highest BCUT2D eigenvalue weighted by molar-refractivity contribution is 5.94. The Morgan fingerprint density at radius 2 is 1.94 bits per heavy atom. The van der Waals surface area contributed by atoms with Crippen LogP contribution in [-0.2, 0) is 25.6 Å². The van der Waals surface area contributed by atoms with E-state index in [2.05, 4.69) is 30.9 Å². The number of aliphatic imine (C=N–C) groups is 1. The number of carbonyl (C=O) groups excluding carboxylic acids is 3. The molecule has 14 heteroatoms. The van der Waals surface area contributed by atoms with Crippen LogP contribution in [0.25, 0.3) is 0 Å². The molecule has 4 unspecified atom stereocenters. The summed E-state index contributed by atoms with van der Waals surface area (Å²) < 4.78 is 0. The summed E-state index contributed by atoms with van der Waals surface area (Å²) in [4.78, 5) is 63.1. The number of nitrogens with two attached hydrogens (primary N) is 2. The molecule has 0 aliphatic carbocycles. The smallest absolute Gasteiger partial charge is 0.326 e. The summed E-state index contributed by atoms with van der Waals surface area (Å²) in [5.74, 6) is -2.45. The van der Waals surface area contributed by atoms with E-state index in [1.54, 1.807) is 0 Å². The Morgan fingerprint density at radius 3 is 2.58 bits per heavy atom. The standard InChI is InChI=1S/C22H35N9O5/c23-22(24)27-8-2-5-15(29-18(32)14-4-1-7-26-14)20(34)31-9-3-6-17(31)19(33)30-16(21(35)36)10-13-11-25-12-28-13/h11-12,14-17,26H,1-10H2,(H,25,28)(H,29,32)(H,30,33)(H,35,36)(H4,23,24,27). The molecular weight excluding hydrogens is 470 g/mol. The minimum Gasteiger partial charge on any atom is -0.480 e. The van der Waals surface area contributed by atoms with E-state index in [1.807, 2.05) is 0 Å². The highest BCUT2D eigenvalue weighted by Gasteiger charge is 2.39. The number of likely N-dealkylation sites (tertiary alicyclic amines) is 1. The minimum absolute atomic E-state index is 0.0274. The molecule has 14 nitrogen and oxygen atoms in total. The third-order valence-corrected chi connectivity index (χ3v) is 6.37. The molecule has 36 heavy (non-hydrogen) atoms. The van der Waals surface area contributed by atoms with E-state index >= 15 is 0 Å². The number of carboxylic acid groups (broad SMARTS) is 1. The van der Waals surface area contributed by atoms with Crippen molar-refractivity contribution in [2.24, 2.45) is 16.5 Å². The maximum atomic E-state index is 13.5. The maximum Gasteiger partial charge on any atom is 0.326 e. The molecule has 0 aromatic carbocycles. The lowest BCUT2D eigenvalue weighted by molar-refractivity contribution is -0.145. The molecule has 0 radical (unpaired) electrons. The fourth-order valence-corrected chi connectivity index (χ4v) is 4.53. The third-order valence-electron chi connectivity index (χ3n) is 6.37. The first-order valence-electron chi connectivity index (χ1n) is 12.2. The van der Waals surface area contributed by atoms with Crippen molar-refractivity contribution in [2.75, 3.05) is 19.6 Å². The van der Waals surface area contributed by atoms with E-state index in [0.717, 1.165) is 13.0 Å². The number of H-pyrrole nitrogens is 1. The van der Waals surface area contributed by atoms with Gasteiger partial charge in [-0.05, 0) is 45.1 Å². The Kier molecular flexibility index (Phi) is 9.61. The SMILES string of the molecule is NC(N)=NCCCC(NC(=O)C1CCCN1)C(=O)N1CCCC1C(=O)NC(Cc1cnc[nH]1)C(=O)O. The monoisotopic (exact) mass is 505 g/mol. The van der Waals surface area contributed by atoms with Gasteiger partial charge in [0.15, 0.2) is 5.96 Å². The Hall–Kier alpha value is -3.68. The first-order valence-corrected chi connectivity index (χ1v) is 12.2. The van der Waals surface area contributed by atoms with Crippen molar-refractivity contribution >= 4 is 29.7 Å². The van der Waals surface area contributed by atoms with E-state index < -0.39 is 30.0 Å². The molecule has 0 bridgehead atoms. The van der Waals surface area contributed by atoms with Crippen LogP contribution < -0.4 is 27.4 Å². The zero-order valence-electron chi connectivity index (χ0n) is 20.1. The van der Waals surface area contributed by atoms with Gasteiger partial charge >= 0.3 is 5.97 Å². The van der Waals surface area contributed by atoms with Crippen molar-refractivity contribution in [3.8, 4) is 0 Å². The lowest BCUT2D eigenvalue weighted by Gasteiger charge is -2.30. The van der Waals surface area contributed by atoms with Gasteiger partial charge < -0.3 is 42.4 Å². The minimum atomic E-state index is -1.19. The average Bonchev–Trinajstić information content (AvgIpc) is 3.62. The predicted octanol–water partition coefficient (Wildman–Crippen LogP) is -2.20. The van der Waals surface area contributed by atoms with Gasteiger partial charge in [-0.25, -0.2) is 9.78 Å². The fraction of sp³-hybridized carbons (Fsp3) is 0.636. The Bertz CT molecular complexity index is 942. The van der Waals surface area contributed by atoms with Gasteiger partial charge in [0.25, 0.3) is 0 Å². The molecule has 3 heterocycles.